The van der Waals surface area contributed by atoms with Gasteiger partial charge in [0.15, 0.2) is 0 Å². The van der Waals surface area contributed by atoms with Gasteiger partial charge in [-0.1, -0.05) is 13.8 Å². The first-order valence-electron chi connectivity index (χ1n) is 6.97. The summed E-state index contributed by atoms with van der Waals surface area (Å²) in [5, 5.41) is -0.587. The van der Waals surface area contributed by atoms with Crippen molar-refractivity contribution < 1.29 is 16.8 Å². The first kappa shape index (κ1) is 17.9. The van der Waals surface area contributed by atoms with E-state index in [-0.39, 0.29) is 29.8 Å². The molecule has 1 saturated heterocycles. The van der Waals surface area contributed by atoms with Crippen LogP contribution in [0.2, 0.25) is 0 Å². The van der Waals surface area contributed by atoms with E-state index in [0.29, 0.717) is 13.1 Å². The van der Waals surface area contributed by atoms with E-state index < -0.39 is 25.1 Å². The standard InChI is InChI=1S/C12H26N2O4S2/c1-12(2,6-3-7-13)10-14-20(17,18)11-4-8-19(15,16)9-5-11/h11,14H,3-10,13H2,1-2H3. The van der Waals surface area contributed by atoms with Crippen LogP contribution >= 0.6 is 0 Å². The van der Waals surface area contributed by atoms with E-state index >= 15 is 0 Å². The quantitative estimate of drug-likeness (QED) is 0.697. The van der Waals surface area contributed by atoms with Crippen molar-refractivity contribution in [2.24, 2.45) is 11.1 Å². The number of hydrogen-bond donors (Lipinski definition) is 2. The fourth-order valence-electron chi connectivity index (χ4n) is 2.26. The summed E-state index contributed by atoms with van der Waals surface area (Å²) in [6.45, 7) is 4.95. The molecule has 6 nitrogen and oxygen atoms in total. The van der Waals surface area contributed by atoms with Crippen molar-refractivity contribution in [3.8, 4) is 0 Å². The second-order valence-corrected chi connectivity index (χ2v) is 10.6. The molecule has 1 aliphatic heterocycles. The number of hydrogen-bond acceptors (Lipinski definition) is 5. The SMILES string of the molecule is CC(C)(CCCN)CNS(=O)(=O)C1CCS(=O)(=O)CC1. The van der Waals surface area contributed by atoms with E-state index in [4.69, 9.17) is 5.73 Å². The molecule has 20 heavy (non-hydrogen) atoms. The molecule has 0 saturated carbocycles. The van der Waals surface area contributed by atoms with E-state index in [9.17, 15) is 16.8 Å². The molecule has 3 N–H and O–H groups in total. The summed E-state index contributed by atoms with van der Waals surface area (Å²) in [4.78, 5) is 0. The smallest absolute Gasteiger partial charge is 0.214 e. The highest BCUT2D eigenvalue weighted by Crippen LogP contribution is 2.23. The lowest BCUT2D eigenvalue weighted by molar-refractivity contribution is 0.326. The minimum atomic E-state index is -3.44. The Bertz CT molecular complexity index is 498. The molecule has 0 unspecified atom stereocenters. The van der Waals surface area contributed by atoms with Gasteiger partial charge in [-0.25, -0.2) is 21.6 Å². The predicted octanol–water partition coefficient (Wildman–Crippen LogP) is 0.248. The lowest BCUT2D eigenvalue weighted by atomic mass is 9.88. The Morgan fingerprint density at radius 2 is 1.80 bits per heavy atom. The lowest BCUT2D eigenvalue weighted by Gasteiger charge is -2.27. The molecule has 1 fully saturated rings. The first-order valence-corrected chi connectivity index (χ1v) is 10.3. The fourth-order valence-corrected chi connectivity index (χ4v) is 5.74. The van der Waals surface area contributed by atoms with Crippen LogP contribution in [0.3, 0.4) is 0 Å². The number of sulfone groups is 1. The molecule has 1 rings (SSSR count). The van der Waals surface area contributed by atoms with E-state index in [0.717, 1.165) is 12.8 Å². The summed E-state index contributed by atoms with van der Waals surface area (Å²) < 4.78 is 49.7. The maximum atomic E-state index is 12.2. The molecule has 0 aromatic rings. The lowest BCUT2D eigenvalue weighted by Crippen LogP contribution is -2.43. The summed E-state index contributed by atoms with van der Waals surface area (Å²) in [6, 6.07) is 0. The van der Waals surface area contributed by atoms with Gasteiger partial charge in [0.2, 0.25) is 10.0 Å². The molecule has 0 radical (unpaired) electrons. The summed E-state index contributed by atoms with van der Waals surface area (Å²) in [7, 11) is -6.47. The van der Waals surface area contributed by atoms with Gasteiger partial charge in [0.25, 0.3) is 0 Å². The monoisotopic (exact) mass is 326 g/mol. The average molecular weight is 326 g/mol. The third kappa shape index (κ3) is 5.67. The molecule has 1 aliphatic rings. The van der Waals surface area contributed by atoms with Crippen molar-refractivity contribution in [1.29, 1.82) is 0 Å². The first-order chi connectivity index (χ1) is 9.08. The van der Waals surface area contributed by atoms with Gasteiger partial charge < -0.3 is 5.73 Å². The highest BCUT2D eigenvalue weighted by Gasteiger charge is 2.33. The second-order valence-electron chi connectivity index (χ2n) is 6.27. The van der Waals surface area contributed by atoms with Crippen molar-refractivity contribution >= 4 is 19.9 Å². The maximum absolute atomic E-state index is 12.2. The van der Waals surface area contributed by atoms with E-state index in [1.54, 1.807) is 0 Å². The van der Waals surface area contributed by atoms with Crippen molar-refractivity contribution in [1.82, 2.24) is 4.72 Å². The summed E-state index contributed by atoms with van der Waals surface area (Å²) in [5.74, 6) is -0.0652. The Labute approximate surface area is 122 Å². The molecule has 0 aromatic heterocycles. The van der Waals surface area contributed by atoms with Gasteiger partial charge in [-0.05, 0) is 37.6 Å². The Balaban J connectivity index is 2.54. The Kier molecular flexibility index (Phi) is 6.01. The molecular weight excluding hydrogens is 300 g/mol. The van der Waals surface area contributed by atoms with Gasteiger partial charge in [-0.3, -0.25) is 0 Å². The molecule has 8 heteroatoms. The largest absolute Gasteiger partial charge is 0.330 e. The minimum absolute atomic E-state index is 0.0326. The van der Waals surface area contributed by atoms with E-state index in [1.165, 1.54) is 0 Å². The van der Waals surface area contributed by atoms with Gasteiger partial charge in [0.05, 0.1) is 16.8 Å². The van der Waals surface area contributed by atoms with Crippen molar-refractivity contribution in [3.63, 3.8) is 0 Å². The average Bonchev–Trinajstić information content (AvgIpc) is 2.34. The summed E-state index contributed by atoms with van der Waals surface area (Å²) in [6.07, 6.45) is 2.10. The zero-order valence-corrected chi connectivity index (χ0v) is 13.9. The fraction of sp³-hybridized carbons (Fsp3) is 1.00. The molecule has 0 aliphatic carbocycles. The zero-order chi connectivity index (χ0) is 15.4. The van der Waals surface area contributed by atoms with Crippen molar-refractivity contribution in [2.75, 3.05) is 24.6 Å². The van der Waals surface area contributed by atoms with Crippen LogP contribution in [0, 0.1) is 5.41 Å². The van der Waals surface area contributed by atoms with Gasteiger partial charge in [0.1, 0.15) is 9.84 Å². The van der Waals surface area contributed by atoms with Crippen LogP contribution in [0.4, 0.5) is 0 Å². The van der Waals surface area contributed by atoms with Crippen LogP contribution in [-0.2, 0) is 19.9 Å². The Morgan fingerprint density at radius 1 is 1.25 bits per heavy atom. The molecule has 0 atom stereocenters. The van der Waals surface area contributed by atoms with Crippen LogP contribution in [0.25, 0.3) is 0 Å². The third-order valence-corrected chi connectivity index (χ3v) is 7.36. The van der Waals surface area contributed by atoms with Crippen LogP contribution in [0.5, 0.6) is 0 Å². The molecule has 0 bridgehead atoms. The van der Waals surface area contributed by atoms with E-state index in [2.05, 4.69) is 4.72 Å². The highest BCUT2D eigenvalue weighted by atomic mass is 32.2. The van der Waals surface area contributed by atoms with Crippen molar-refractivity contribution in [2.45, 2.75) is 44.8 Å². The normalized spacial score (nSPS) is 20.9. The van der Waals surface area contributed by atoms with Gasteiger partial charge in [-0.15, -0.1) is 0 Å². The van der Waals surface area contributed by atoms with Crippen molar-refractivity contribution in [3.05, 3.63) is 0 Å². The number of nitrogens with one attached hydrogen (secondary N) is 1. The topological polar surface area (TPSA) is 106 Å². The minimum Gasteiger partial charge on any atom is -0.330 e. The number of sulfonamides is 1. The third-order valence-electron chi connectivity index (χ3n) is 3.75. The summed E-state index contributed by atoms with van der Waals surface area (Å²) in [5.41, 5.74) is 5.32. The van der Waals surface area contributed by atoms with Gasteiger partial charge >= 0.3 is 0 Å². The van der Waals surface area contributed by atoms with Crippen LogP contribution < -0.4 is 10.5 Å². The Morgan fingerprint density at radius 3 is 2.30 bits per heavy atom. The number of nitrogens with two attached hydrogens (primary N) is 1. The molecular formula is C12H26N2O4S2. The Hall–Kier alpha value is -0.180. The van der Waals surface area contributed by atoms with Gasteiger partial charge in [0, 0.05) is 6.54 Å². The number of rotatable bonds is 7. The van der Waals surface area contributed by atoms with Crippen LogP contribution in [0.15, 0.2) is 0 Å². The highest BCUT2D eigenvalue weighted by molar-refractivity contribution is 7.92. The van der Waals surface area contributed by atoms with E-state index in [1.807, 2.05) is 13.8 Å². The second kappa shape index (κ2) is 6.72. The van der Waals surface area contributed by atoms with Crippen LogP contribution in [0.1, 0.15) is 39.5 Å². The predicted molar refractivity (Wildman–Crippen MR) is 80.7 cm³/mol. The molecule has 1 heterocycles. The molecule has 0 amide bonds. The summed E-state index contributed by atoms with van der Waals surface area (Å²) >= 11 is 0. The molecule has 0 aromatic carbocycles. The van der Waals surface area contributed by atoms with Crippen LogP contribution in [-0.4, -0.2) is 46.7 Å². The molecule has 120 valence electrons. The maximum Gasteiger partial charge on any atom is 0.214 e. The van der Waals surface area contributed by atoms with Gasteiger partial charge in [-0.2, -0.15) is 0 Å². The zero-order valence-electron chi connectivity index (χ0n) is 12.3. The molecule has 0 spiro atoms.